The maximum atomic E-state index is 13.4. The van der Waals surface area contributed by atoms with E-state index in [0.29, 0.717) is 56.0 Å². The number of nitrogens with zero attached hydrogens (tertiary/aromatic N) is 3. The topological polar surface area (TPSA) is 79.4 Å². The van der Waals surface area contributed by atoms with Gasteiger partial charge in [-0.25, -0.2) is 14.4 Å². The molecule has 0 aliphatic carbocycles. The van der Waals surface area contributed by atoms with Gasteiger partial charge in [-0.3, -0.25) is 4.79 Å². The van der Waals surface area contributed by atoms with Gasteiger partial charge < -0.3 is 20.3 Å². The first-order valence-corrected chi connectivity index (χ1v) is 12.0. The van der Waals surface area contributed by atoms with E-state index in [4.69, 9.17) is 27.9 Å². The highest BCUT2D eigenvalue weighted by atomic mass is 35.5. The van der Waals surface area contributed by atoms with Crippen LogP contribution in [0.15, 0.2) is 73.1 Å². The molecule has 10 heteroatoms. The summed E-state index contributed by atoms with van der Waals surface area (Å²) in [5.41, 5.74) is 2.39. The molecule has 4 aromatic rings. The van der Waals surface area contributed by atoms with Crippen LogP contribution in [0.5, 0.6) is 5.75 Å². The third-order valence-corrected chi connectivity index (χ3v) is 5.81. The smallest absolute Gasteiger partial charge is 0.248 e. The second-order valence-corrected chi connectivity index (χ2v) is 9.23. The van der Waals surface area contributed by atoms with E-state index in [1.54, 1.807) is 48.5 Å². The van der Waals surface area contributed by atoms with Gasteiger partial charge in [0.25, 0.3) is 0 Å². The maximum Gasteiger partial charge on any atom is 0.248 e. The van der Waals surface area contributed by atoms with Crippen molar-refractivity contribution in [2.75, 3.05) is 31.3 Å². The van der Waals surface area contributed by atoms with E-state index < -0.39 is 0 Å². The van der Waals surface area contributed by atoms with Crippen LogP contribution >= 0.6 is 23.2 Å². The summed E-state index contributed by atoms with van der Waals surface area (Å²) in [6.45, 7) is 0.818. The van der Waals surface area contributed by atoms with Crippen molar-refractivity contribution < 1.29 is 13.9 Å². The van der Waals surface area contributed by atoms with Crippen LogP contribution in [0.4, 0.5) is 21.6 Å². The number of ether oxygens (including phenoxy) is 1. The fourth-order valence-corrected chi connectivity index (χ4v) is 3.88. The Hall–Kier alpha value is -3.72. The average Bonchev–Trinajstić information content (AvgIpc) is 2.84. The van der Waals surface area contributed by atoms with Crippen LogP contribution in [0.2, 0.25) is 10.0 Å². The molecule has 0 bridgehead atoms. The molecule has 4 rings (SSSR count). The van der Waals surface area contributed by atoms with Gasteiger partial charge in [0, 0.05) is 23.7 Å². The Bertz CT molecular complexity index is 1460. The standard InChI is InChI=1S/C27H24Cl2FN5O2/c1-35(2)10-4-7-26(36)34-24-13-20-23(14-21(24)28)31-16-32-27(20)33-19-8-9-25(22(29)12-19)37-15-17-5-3-6-18(30)11-17/h3-9,11-14,16H,10,15H2,1-2H3,(H,34,36)(H,31,32,33)/b7-4+. The monoisotopic (exact) mass is 539 g/mol. The Balaban J connectivity index is 1.51. The van der Waals surface area contributed by atoms with Gasteiger partial charge >= 0.3 is 0 Å². The highest BCUT2D eigenvalue weighted by Crippen LogP contribution is 2.33. The summed E-state index contributed by atoms with van der Waals surface area (Å²) in [5.74, 6) is 0.344. The van der Waals surface area contributed by atoms with Crippen LogP contribution in [0.3, 0.4) is 0 Å². The predicted molar refractivity (Wildman–Crippen MR) is 146 cm³/mol. The minimum atomic E-state index is -0.325. The second kappa shape index (κ2) is 12.0. The Morgan fingerprint density at radius 3 is 2.68 bits per heavy atom. The van der Waals surface area contributed by atoms with Crippen molar-refractivity contribution in [1.82, 2.24) is 14.9 Å². The largest absolute Gasteiger partial charge is 0.487 e. The van der Waals surface area contributed by atoms with Crippen molar-refractivity contribution in [3.05, 3.63) is 94.5 Å². The quantitative estimate of drug-likeness (QED) is 0.238. The molecule has 1 aromatic heterocycles. The van der Waals surface area contributed by atoms with Crippen molar-refractivity contribution in [2.45, 2.75) is 6.61 Å². The predicted octanol–water partition coefficient (Wildman–Crippen LogP) is 6.45. The normalized spacial score (nSPS) is 11.3. The number of rotatable bonds is 9. The van der Waals surface area contributed by atoms with Gasteiger partial charge in [0.2, 0.25) is 5.91 Å². The van der Waals surface area contributed by atoms with Crippen molar-refractivity contribution in [1.29, 1.82) is 0 Å². The molecule has 0 radical (unpaired) electrons. The molecule has 0 atom stereocenters. The van der Waals surface area contributed by atoms with Gasteiger partial charge in [-0.05, 0) is 62.1 Å². The van der Waals surface area contributed by atoms with Crippen LogP contribution in [0.25, 0.3) is 10.9 Å². The number of halogens is 3. The molecule has 0 spiro atoms. The number of carbonyl (C=O) groups is 1. The molecule has 2 N–H and O–H groups in total. The van der Waals surface area contributed by atoms with Gasteiger partial charge in [-0.1, -0.05) is 41.4 Å². The Morgan fingerprint density at radius 2 is 1.92 bits per heavy atom. The lowest BCUT2D eigenvalue weighted by molar-refractivity contribution is -0.111. The maximum absolute atomic E-state index is 13.4. The van der Waals surface area contributed by atoms with Crippen LogP contribution < -0.4 is 15.4 Å². The lowest BCUT2D eigenvalue weighted by Gasteiger charge is -2.13. The summed E-state index contributed by atoms with van der Waals surface area (Å²) in [6.07, 6.45) is 4.64. The van der Waals surface area contributed by atoms with Crippen molar-refractivity contribution in [3.8, 4) is 5.75 Å². The lowest BCUT2D eigenvalue weighted by atomic mass is 10.2. The lowest BCUT2D eigenvalue weighted by Crippen LogP contribution is -2.13. The number of nitrogens with one attached hydrogen (secondary N) is 2. The molecule has 0 aliphatic rings. The number of hydrogen-bond acceptors (Lipinski definition) is 6. The summed E-state index contributed by atoms with van der Waals surface area (Å²) < 4.78 is 19.1. The van der Waals surface area contributed by atoms with Gasteiger partial charge in [-0.2, -0.15) is 0 Å². The highest BCUT2D eigenvalue weighted by Gasteiger charge is 2.12. The third-order valence-electron chi connectivity index (χ3n) is 5.20. The number of likely N-dealkylation sites (N-methyl/N-ethyl adjacent to an activating group) is 1. The van der Waals surface area contributed by atoms with Gasteiger partial charge in [0.05, 0.1) is 21.2 Å². The van der Waals surface area contributed by atoms with E-state index in [2.05, 4.69) is 20.6 Å². The van der Waals surface area contributed by atoms with Crippen LogP contribution in [0, 0.1) is 5.82 Å². The third kappa shape index (κ3) is 7.16. The van der Waals surface area contributed by atoms with E-state index in [-0.39, 0.29) is 18.3 Å². The van der Waals surface area contributed by atoms with Gasteiger partial charge in [0.15, 0.2) is 0 Å². The summed E-state index contributed by atoms with van der Waals surface area (Å²) in [6, 6.07) is 14.8. The van der Waals surface area contributed by atoms with Crippen molar-refractivity contribution >= 4 is 57.2 Å². The molecular formula is C27H24Cl2FN5O2. The molecule has 37 heavy (non-hydrogen) atoms. The molecule has 0 aliphatic heterocycles. The minimum absolute atomic E-state index is 0.181. The molecule has 0 unspecified atom stereocenters. The number of benzene rings is 3. The van der Waals surface area contributed by atoms with Gasteiger partial charge in [-0.15, -0.1) is 0 Å². The Kier molecular flexibility index (Phi) is 8.55. The van der Waals surface area contributed by atoms with E-state index in [1.807, 2.05) is 19.0 Å². The number of amides is 1. The number of anilines is 3. The zero-order valence-electron chi connectivity index (χ0n) is 20.1. The number of aromatic nitrogens is 2. The minimum Gasteiger partial charge on any atom is -0.487 e. The van der Waals surface area contributed by atoms with Crippen molar-refractivity contribution in [3.63, 3.8) is 0 Å². The van der Waals surface area contributed by atoms with Crippen LogP contribution in [-0.4, -0.2) is 41.4 Å². The fourth-order valence-electron chi connectivity index (χ4n) is 3.44. The second-order valence-electron chi connectivity index (χ2n) is 8.41. The molecule has 190 valence electrons. The first-order chi connectivity index (χ1) is 17.8. The molecule has 1 amide bonds. The first-order valence-electron chi connectivity index (χ1n) is 11.3. The summed E-state index contributed by atoms with van der Waals surface area (Å²) in [7, 11) is 3.83. The average molecular weight is 540 g/mol. The molecule has 0 saturated carbocycles. The zero-order chi connectivity index (χ0) is 26.4. The Morgan fingerprint density at radius 1 is 1.08 bits per heavy atom. The Labute approximate surface area is 223 Å². The summed E-state index contributed by atoms with van der Waals surface area (Å²) in [4.78, 5) is 22.9. The van der Waals surface area contributed by atoms with Crippen molar-refractivity contribution in [2.24, 2.45) is 0 Å². The summed E-state index contributed by atoms with van der Waals surface area (Å²) in [5, 5.41) is 7.41. The zero-order valence-corrected chi connectivity index (χ0v) is 21.6. The molecular weight excluding hydrogens is 516 g/mol. The molecule has 3 aromatic carbocycles. The van der Waals surface area contributed by atoms with E-state index in [1.165, 1.54) is 24.5 Å². The molecule has 1 heterocycles. The highest BCUT2D eigenvalue weighted by molar-refractivity contribution is 6.35. The van der Waals surface area contributed by atoms with E-state index in [0.717, 1.165) is 0 Å². The van der Waals surface area contributed by atoms with E-state index >= 15 is 0 Å². The molecule has 7 nitrogen and oxygen atoms in total. The molecule has 0 fully saturated rings. The number of hydrogen-bond donors (Lipinski definition) is 2. The van der Waals surface area contributed by atoms with Crippen LogP contribution in [-0.2, 0) is 11.4 Å². The fraction of sp³-hybridized carbons (Fsp3) is 0.148. The number of fused-ring (bicyclic) bond motifs is 1. The number of carbonyl (C=O) groups excluding carboxylic acids is 1. The van der Waals surface area contributed by atoms with E-state index in [9.17, 15) is 9.18 Å². The van der Waals surface area contributed by atoms with Gasteiger partial charge in [0.1, 0.15) is 30.3 Å². The summed E-state index contributed by atoms with van der Waals surface area (Å²) >= 11 is 12.8. The molecule has 0 saturated heterocycles. The van der Waals surface area contributed by atoms with Crippen LogP contribution in [0.1, 0.15) is 5.56 Å². The SMILES string of the molecule is CN(C)C/C=C/C(=O)Nc1cc2c(Nc3ccc(OCc4cccc(F)c4)c(Cl)c3)ncnc2cc1Cl. The first kappa shape index (κ1) is 26.3.